The van der Waals surface area contributed by atoms with Crippen molar-refractivity contribution in [3.63, 3.8) is 0 Å². The molecule has 26 heavy (non-hydrogen) atoms. The summed E-state index contributed by atoms with van der Waals surface area (Å²) < 4.78 is 0.976. The molecule has 5 rings (SSSR count). The number of rotatable bonds is 2. The highest BCUT2D eigenvalue weighted by Gasteiger charge is 2.44. The predicted molar refractivity (Wildman–Crippen MR) is 107 cm³/mol. The van der Waals surface area contributed by atoms with E-state index in [2.05, 4.69) is 37.3 Å². The summed E-state index contributed by atoms with van der Waals surface area (Å²) in [7, 11) is 0. The number of hydrogen-bond acceptors (Lipinski definition) is 3. The predicted octanol–water partition coefficient (Wildman–Crippen LogP) is 4.75. The van der Waals surface area contributed by atoms with Crippen LogP contribution in [0.1, 0.15) is 31.2 Å². The lowest BCUT2D eigenvalue weighted by Crippen LogP contribution is -2.46. The number of halogens is 2. The molecule has 2 saturated heterocycles. The molecular weight excluding hydrogens is 414 g/mol. The van der Waals surface area contributed by atoms with Gasteiger partial charge in [-0.3, -0.25) is 0 Å². The van der Waals surface area contributed by atoms with Crippen molar-refractivity contribution in [2.24, 2.45) is 0 Å². The summed E-state index contributed by atoms with van der Waals surface area (Å²) >= 11 is 10.3. The van der Waals surface area contributed by atoms with Crippen molar-refractivity contribution in [2.45, 2.75) is 43.4 Å². The lowest BCUT2D eigenvalue weighted by atomic mass is 9.81. The molecule has 1 unspecified atom stereocenters. The van der Waals surface area contributed by atoms with Gasteiger partial charge in [-0.15, -0.1) is 0 Å². The zero-order valence-electron chi connectivity index (χ0n) is 14.1. The molecule has 0 spiro atoms. The maximum atomic E-state index is 11.3. The maximum Gasteiger partial charge on any atom is 0.139 e. The van der Waals surface area contributed by atoms with E-state index in [1.807, 2.05) is 24.4 Å². The smallest absolute Gasteiger partial charge is 0.139 e. The van der Waals surface area contributed by atoms with Crippen LogP contribution in [0.3, 0.4) is 0 Å². The molecule has 2 fully saturated rings. The molecule has 0 aliphatic carbocycles. The van der Waals surface area contributed by atoms with Gasteiger partial charge in [-0.1, -0.05) is 23.7 Å². The number of fused-ring (bicyclic) bond motifs is 3. The first-order valence-corrected chi connectivity index (χ1v) is 10.1. The van der Waals surface area contributed by atoms with Crippen LogP contribution in [-0.2, 0) is 5.60 Å². The fourth-order valence-corrected chi connectivity index (χ4v) is 5.53. The number of piperidine rings is 1. The van der Waals surface area contributed by atoms with Crippen molar-refractivity contribution in [3.05, 3.63) is 51.7 Å². The van der Waals surface area contributed by atoms with Crippen molar-refractivity contribution in [2.75, 3.05) is 0 Å². The molecule has 0 saturated carbocycles. The number of nitrogens with zero attached hydrogens (tertiary/aromatic N) is 1. The summed E-state index contributed by atoms with van der Waals surface area (Å²) in [5, 5.41) is 16.5. The fourth-order valence-electron chi connectivity index (χ4n) is 4.66. The molecule has 6 heteroatoms. The molecule has 3 atom stereocenters. The highest BCUT2D eigenvalue weighted by Crippen LogP contribution is 2.44. The summed E-state index contributed by atoms with van der Waals surface area (Å²) in [4.78, 5) is 7.53. The van der Waals surface area contributed by atoms with Gasteiger partial charge in [0.25, 0.3) is 0 Å². The van der Waals surface area contributed by atoms with Crippen molar-refractivity contribution >= 4 is 38.6 Å². The molecule has 0 radical (unpaired) electrons. The van der Waals surface area contributed by atoms with Crippen LogP contribution in [0.25, 0.3) is 22.2 Å². The number of pyridine rings is 1. The Morgan fingerprint density at radius 3 is 2.69 bits per heavy atom. The SMILES string of the molecule is OC1(c2ccc(-c3ccnc4[nH]cc(Br)c34)cc2Cl)C[C@H]2CC[C@@H](C1)N2. The number of H-pyrrole nitrogens is 1. The third kappa shape index (κ3) is 2.61. The van der Waals surface area contributed by atoms with E-state index in [0.717, 1.165) is 57.9 Å². The van der Waals surface area contributed by atoms with Gasteiger partial charge in [0.15, 0.2) is 0 Å². The molecule has 1 aromatic carbocycles. The van der Waals surface area contributed by atoms with E-state index < -0.39 is 5.60 Å². The summed E-state index contributed by atoms with van der Waals surface area (Å²) in [6, 6.07) is 8.79. The minimum atomic E-state index is -0.838. The van der Waals surface area contributed by atoms with Gasteiger partial charge in [0, 0.05) is 44.9 Å². The first-order chi connectivity index (χ1) is 12.5. The Hall–Kier alpha value is -1.40. The topological polar surface area (TPSA) is 60.9 Å². The van der Waals surface area contributed by atoms with Crippen molar-refractivity contribution in [3.8, 4) is 11.1 Å². The minimum Gasteiger partial charge on any atom is -0.385 e. The number of aromatic amines is 1. The van der Waals surface area contributed by atoms with Gasteiger partial charge in [-0.25, -0.2) is 4.98 Å². The minimum absolute atomic E-state index is 0.394. The fraction of sp³-hybridized carbons (Fsp3) is 0.350. The molecule has 2 aromatic heterocycles. The molecule has 4 heterocycles. The van der Waals surface area contributed by atoms with E-state index in [0.29, 0.717) is 17.1 Å². The lowest BCUT2D eigenvalue weighted by molar-refractivity contribution is -0.0113. The molecule has 3 N–H and O–H groups in total. The Labute approximate surface area is 165 Å². The first-order valence-electron chi connectivity index (χ1n) is 8.94. The lowest BCUT2D eigenvalue weighted by Gasteiger charge is -2.38. The van der Waals surface area contributed by atoms with Gasteiger partial charge in [-0.05, 0) is 64.9 Å². The largest absolute Gasteiger partial charge is 0.385 e. The van der Waals surface area contributed by atoms with Crippen LogP contribution in [0.2, 0.25) is 5.02 Å². The summed E-state index contributed by atoms with van der Waals surface area (Å²) in [6.45, 7) is 0. The van der Waals surface area contributed by atoms with Crippen LogP contribution in [0.4, 0.5) is 0 Å². The van der Waals surface area contributed by atoms with E-state index in [4.69, 9.17) is 11.6 Å². The average Bonchev–Trinajstić information content (AvgIpc) is 3.17. The van der Waals surface area contributed by atoms with Crippen LogP contribution in [0.15, 0.2) is 41.1 Å². The average molecular weight is 433 g/mol. The highest BCUT2D eigenvalue weighted by atomic mass is 79.9. The van der Waals surface area contributed by atoms with E-state index in [-0.39, 0.29) is 0 Å². The zero-order valence-corrected chi connectivity index (χ0v) is 16.4. The van der Waals surface area contributed by atoms with Gasteiger partial charge >= 0.3 is 0 Å². The summed E-state index contributed by atoms with van der Waals surface area (Å²) in [5.74, 6) is 0. The molecule has 134 valence electrons. The van der Waals surface area contributed by atoms with Crippen LogP contribution in [-0.4, -0.2) is 27.2 Å². The second kappa shape index (κ2) is 6.06. The molecule has 2 bridgehead atoms. The molecule has 3 aromatic rings. The van der Waals surface area contributed by atoms with Crippen molar-refractivity contribution < 1.29 is 5.11 Å². The number of aromatic nitrogens is 2. The van der Waals surface area contributed by atoms with Crippen LogP contribution >= 0.6 is 27.5 Å². The first kappa shape index (κ1) is 16.8. The summed E-state index contributed by atoms with van der Waals surface area (Å²) in [5.41, 5.74) is 2.93. The van der Waals surface area contributed by atoms with Crippen molar-refractivity contribution in [1.29, 1.82) is 0 Å². The Morgan fingerprint density at radius 1 is 1.19 bits per heavy atom. The van der Waals surface area contributed by atoms with Crippen LogP contribution in [0, 0.1) is 0 Å². The Morgan fingerprint density at radius 2 is 1.96 bits per heavy atom. The van der Waals surface area contributed by atoms with E-state index >= 15 is 0 Å². The van der Waals surface area contributed by atoms with E-state index in [9.17, 15) is 5.11 Å². The Balaban J connectivity index is 1.57. The molecule has 2 aliphatic rings. The second-order valence-electron chi connectivity index (χ2n) is 7.49. The number of hydrogen-bond donors (Lipinski definition) is 3. The van der Waals surface area contributed by atoms with Crippen LogP contribution < -0.4 is 5.32 Å². The van der Waals surface area contributed by atoms with Crippen molar-refractivity contribution in [1.82, 2.24) is 15.3 Å². The Kier molecular flexibility index (Phi) is 3.90. The van der Waals surface area contributed by atoms with Gasteiger partial charge in [0.05, 0.1) is 5.60 Å². The second-order valence-corrected chi connectivity index (χ2v) is 8.75. The zero-order chi connectivity index (χ0) is 17.9. The van der Waals surface area contributed by atoms with Gasteiger partial charge in [0.1, 0.15) is 5.65 Å². The monoisotopic (exact) mass is 431 g/mol. The third-order valence-electron chi connectivity index (χ3n) is 5.81. The molecule has 2 aliphatic heterocycles. The van der Waals surface area contributed by atoms with Gasteiger partial charge in [-0.2, -0.15) is 0 Å². The maximum absolute atomic E-state index is 11.3. The van der Waals surface area contributed by atoms with Crippen LogP contribution in [0.5, 0.6) is 0 Å². The Bertz CT molecular complexity index is 990. The van der Waals surface area contributed by atoms with E-state index in [1.54, 1.807) is 6.20 Å². The molecule has 0 amide bonds. The standard InChI is InChI=1S/C20H19BrClN3O/c21-16-10-24-19-18(16)14(5-6-23-19)11-1-4-15(17(22)7-11)20(26)8-12-2-3-13(9-20)25-12/h1,4-7,10,12-13,25-26H,2-3,8-9H2,(H,23,24)/t12-,13+,20?. The normalized spacial score (nSPS) is 28.0. The molecular formula is C20H19BrClN3O. The highest BCUT2D eigenvalue weighted by molar-refractivity contribution is 9.10. The molecule has 4 nitrogen and oxygen atoms in total. The third-order valence-corrected chi connectivity index (χ3v) is 6.75. The summed E-state index contributed by atoms with van der Waals surface area (Å²) in [6.07, 6.45) is 7.42. The van der Waals surface area contributed by atoms with E-state index in [1.165, 1.54) is 0 Å². The number of aliphatic hydroxyl groups is 1. The quantitative estimate of drug-likeness (QED) is 0.548. The number of benzene rings is 1. The van der Waals surface area contributed by atoms with Gasteiger partial charge in [0.2, 0.25) is 0 Å². The number of nitrogens with one attached hydrogen (secondary N) is 2. The van der Waals surface area contributed by atoms with Gasteiger partial charge < -0.3 is 15.4 Å².